The average Bonchev–Trinajstić information content (AvgIpc) is 2.30. The third kappa shape index (κ3) is 2.85. The van der Waals surface area contributed by atoms with E-state index in [0.717, 1.165) is 0 Å². The maximum Gasteiger partial charge on any atom is 0.305 e. The summed E-state index contributed by atoms with van der Waals surface area (Å²) in [4.78, 5) is 10.7. The number of aromatic hydroxyl groups is 1. The predicted molar refractivity (Wildman–Crippen MR) is 68.1 cm³/mol. The van der Waals surface area contributed by atoms with Crippen molar-refractivity contribution in [2.45, 2.75) is 12.5 Å². The van der Waals surface area contributed by atoms with E-state index in [1.165, 1.54) is 20.3 Å². The molecule has 1 atom stereocenters. The van der Waals surface area contributed by atoms with Gasteiger partial charge in [0.1, 0.15) is 5.75 Å². The van der Waals surface area contributed by atoms with Crippen LogP contribution in [0.5, 0.6) is 17.2 Å². The monoisotopic (exact) mass is 319 g/mol. The zero-order chi connectivity index (χ0) is 13.9. The molecule has 0 heterocycles. The van der Waals surface area contributed by atoms with Crippen LogP contribution in [0.15, 0.2) is 10.5 Å². The van der Waals surface area contributed by atoms with E-state index in [4.69, 9.17) is 20.3 Å². The second-order valence-corrected chi connectivity index (χ2v) is 4.41. The lowest BCUT2D eigenvalue weighted by Gasteiger charge is -2.19. The Morgan fingerprint density at radius 3 is 2.56 bits per heavy atom. The van der Waals surface area contributed by atoms with E-state index in [2.05, 4.69) is 15.9 Å². The molecule has 0 aromatic heterocycles. The normalized spacial score (nSPS) is 12.0. The smallest absolute Gasteiger partial charge is 0.305 e. The Balaban J connectivity index is 3.38. The molecule has 1 rings (SSSR count). The predicted octanol–water partition coefficient (Wildman–Crippen LogP) is 1.65. The van der Waals surface area contributed by atoms with Crippen molar-refractivity contribution in [3.63, 3.8) is 0 Å². The summed E-state index contributed by atoms with van der Waals surface area (Å²) in [6.45, 7) is 0. The number of carboxylic acid groups (broad SMARTS) is 1. The second-order valence-electron chi connectivity index (χ2n) is 3.56. The summed E-state index contributed by atoms with van der Waals surface area (Å²) in [7, 11) is 2.83. The molecule has 1 aromatic carbocycles. The minimum Gasteiger partial charge on any atom is -0.506 e. The highest BCUT2D eigenvalue weighted by Crippen LogP contribution is 2.45. The molecular formula is C11H14BrNO5. The summed E-state index contributed by atoms with van der Waals surface area (Å²) < 4.78 is 10.6. The first kappa shape index (κ1) is 14.6. The lowest BCUT2D eigenvalue weighted by Crippen LogP contribution is -2.16. The molecule has 0 saturated heterocycles. The van der Waals surface area contributed by atoms with E-state index in [-0.39, 0.29) is 23.5 Å². The van der Waals surface area contributed by atoms with E-state index in [1.54, 1.807) is 0 Å². The van der Waals surface area contributed by atoms with Crippen LogP contribution >= 0.6 is 15.9 Å². The molecule has 0 saturated carbocycles. The largest absolute Gasteiger partial charge is 0.506 e. The number of phenols is 1. The van der Waals surface area contributed by atoms with E-state index >= 15 is 0 Å². The Kier molecular flexibility index (Phi) is 4.80. The minimum atomic E-state index is -1.07. The number of carbonyl (C=O) groups is 1. The lowest BCUT2D eigenvalue weighted by atomic mass is 10.0. The third-order valence-electron chi connectivity index (χ3n) is 2.40. The van der Waals surface area contributed by atoms with Gasteiger partial charge in [0.2, 0.25) is 0 Å². The zero-order valence-corrected chi connectivity index (χ0v) is 11.5. The quantitative estimate of drug-likeness (QED) is 0.762. The Morgan fingerprint density at radius 2 is 2.11 bits per heavy atom. The second kappa shape index (κ2) is 5.92. The maximum absolute atomic E-state index is 10.7. The van der Waals surface area contributed by atoms with E-state index < -0.39 is 12.0 Å². The Bertz CT molecular complexity index is 463. The maximum atomic E-state index is 10.7. The minimum absolute atomic E-state index is 0.151. The number of benzene rings is 1. The molecule has 1 unspecified atom stereocenters. The van der Waals surface area contributed by atoms with E-state index in [0.29, 0.717) is 10.2 Å². The number of halogens is 1. The number of nitrogens with two attached hydrogens (primary N) is 1. The van der Waals surface area contributed by atoms with Crippen LogP contribution in [0.25, 0.3) is 0 Å². The first-order valence-electron chi connectivity index (χ1n) is 5.03. The summed E-state index contributed by atoms with van der Waals surface area (Å²) in [5.41, 5.74) is 5.97. The van der Waals surface area contributed by atoms with Crippen molar-refractivity contribution in [2.75, 3.05) is 14.2 Å². The van der Waals surface area contributed by atoms with Crippen LogP contribution < -0.4 is 15.2 Å². The van der Waals surface area contributed by atoms with Crippen molar-refractivity contribution in [1.82, 2.24) is 0 Å². The van der Waals surface area contributed by atoms with Crippen LogP contribution in [0, 0.1) is 0 Å². The van der Waals surface area contributed by atoms with Gasteiger partial charge < -0.3 is 25.4 Å². The summed E-state index contributed by atoms with van der Waals surface area (Å²) in [6.07, 6.45) is -0.330. The Labute approximate surface area is 112 Å². The van der Waals surface area contributed by atoms with Crippen molar-refractivity contribution < 1.29 is 24.5 Å². The van der Waals surface area contributed by atoms with Gasteiger partial charge in [0, 0.05) is 12.1 Å². The lowest BCUT2D eigenvalue weighted by molar-refractivity contribution is -0.137. The summed E-state index contributed by atoms with van der Waals surface area (Å²) >= 11 is 3.15. The number of aliphatic carboxylic acids is 1. The number of ether oxygens (including phenoxy) is 2. The molecule has 0 aliphatic heterocycles. The molecule has 6 nitrogen and oxygen atoms in total. The standard InChI is InChI=1S/C11H14BrNO5/c1-17-7-3-5(12)10(16)9(11(7)18-2)6(13)4-8(14)15/h3,6,16H,4,13H2,1-2H3,(H,14,15). The first-order chi connectivity index (χ1) is 8.42. The van der Waals surface area contributed by atoms with Gasteiger partial charge in [-0.05, 0) is 15.9 Å². The topological polar surface area (TPSA) is 102 Å². The van der Waals surface area contributed by atoms with Gasteiger partial charge in [-0.15, -0.1) is 0 Å². The van der Waals surface area contributed by atoms with Crippen molar-refractivity contribution in [3.8, 4) is 17.2 Å². The highest BCUT2D eigenvalue weighted by Gasteiger charge is 2.24. The van der Waals surface area contributed by atoms with Gasteiger partial charge >= 0.3 is 5.97 Å². The van der Waals surface area contributed by atoms with Gasteiger partial charge in [0.15, 0.2) is 11.5 Å². The van der Waals surface area contributed by atoms with Crippen LogP contribution in [0.4, 0.5) is 0 Å². The SMILES string of the molecule is COc1cc(Br)c(O)c(C(N)CC(=O)O)c1OC. The van der Waals surface area contributed by atoms with Crippen LogP contribution in [0.3, 0.4) is 0 Å². The number of methoxy groups -OCH3 is 2. The van der Waals surface area contributed by atoms with Crippen molar-refractivity contribution in [2.24, 2.45) is 5.73 Å². The molecule has 7 heteroatoms. The summed E-state index contributed by atoms with van der Waals surface area (Å²) in [5, 5.41) is 18.7. The van der Waals surface area contributed by atoms with Crippen molar-refractivity contribution in [3.05, 3.63) is 16.1 Å². The molecule has 1 aromatic rings. The number of hydrogen-bond acceptors (Lipinski definition) is 5. The zero-order valence-electron chi connectivity index (χ0n) is 9.94. The Hall–Kier alpha value is -1.47. The van der Waals surface area contributed by atoms with Gasteiger partial charge in [0.05, 0.1) is 30.7 Å². The molecule has 0 fully saturated rings. The average molecular weight is 320 g/mol. The third-order valence-corrected chi connectivity index (χ3v) is 3.00. The first-order valence-corrected chi connectivity index (χ1v) is 5.82. The van der Waals surface area contributed by atoms with Gasteiger partial charge in [-0.1, -0.05) is 0 Å². The molecule has 100 valence electrons. The van der Waals surface area contributed by atoms with Crippen LogP contribution in [-0.4, -0.2) is 30.4 Å². The van der Waals surface area contributed by atoms with Gasteiger partial charge in [-0.3, -0.25) is 4.79 Å². The summed E-state index contributed by atoms with van der Waals surface area (Å²) in [5.74, 6) is -0.630. The number of rotatable bonds is 5. The molecule has 18 heavy (non-hydrogen) atoms. The van der Waals surface area contributed by atoms with Crippen LogP contribution in [-0.2, 0) is 4.79 Å². The molecule has 0 amide bonds. The van der Waals surface area contributed by atoms with Gasteiger partial charge in [0.25, 0.3) is 0 Å². The number of carboxylic acids is 1. The molecular weight excluding hydrogens is 306 g/mol. The van der Waals surface area contributed by atoms with Crippen molar-refractivity contribution >= 4 is 21.9 Å². The fraction of sp³-hybridized carbons (Fsp3) is 0.364. The van der Waals surface area contributed by atoms with Crippen LogP contribution in [0.2, 0.25) is 0 Å². The van der Waals surface area contributed by atoms with Gasteiger partial charge in [-0.2, -0.15) is 0 Å². The van der Waals surface area contributed by atoms with Gasteiger partial charge in [-0.25, -0.2) is 0 Å². The van der Waals surface area contributed by atoms with Crippen LogP contribution in [0.1, 0.15) is 18.0 Å². The van der Waals surface area contributed by atoms with E-state index in [1.807, 2.05) is 0 Å². The molecule has 4 N–H and O–H groups in total. The molecule has 0 spiro atoms. The highest BCUT2D eigenvalue weighted by atomic mass is 79.9. The highest BCUT2D eigenvalue weighted by molar-refractivity contribution is 9.10. The van der Waals surface area contributed by atoms with Crippen molar-refractivity contribution in [1.29, 1.82) is 0 Å². The summed E-state index contributed by atoms with van der Waals surface area (Å²) in [6, 6.07) is 0.620. The Morgan fingerprint density at radius 1 is 1.50 bits per heavy atom. The van der Waals surface area contributed by atoms with E-state index in [9.17, 15) is 9.90 Å². The molecule has 0 radical (unpaired) electrons. The fourth-order valence-corrected chi connectivity index (χ4v) is 2.04. The molecule has 0 aliphatic rings. The molecule has 0 aliphatic carbocycles. The fourth-order valence-electron chi connectivity index (χ4n) is 1.61. The number of hydrogen-bond donors (Lipinski definition) is 3. The molecule has 0 bridgehead atoms. The number of phenolic OH excluding ortho intramolecular Hbond substituents is 1.